The van der Waals surface area contributed by atoms with Gasteiger partial charge in [-0.15, -0.1) is 0 Å². The molecule has 108 valence electrons. The van der Waals surface area contributed by atoms with Crippen molar-refractivity contribution in [2.45, 2.75) is 50.6 Å². The van der Waals surface area contributed by atoms with Crippen molar-refractivity contribution < 1.29 is 4.79 Å². The lowest BCUT2D eigenvalue weighted by Gasteiger charge is -2.39. The van der Waals surface area contributed by atoms with Crippen molar-refractivity contribution in [2.24, 2.45) is 5.92 Å². The number of hydrogen-bond acceptors (Lipinski definition) is 3. The van der Waals surface area contributed by atoms with E-state index in [2.05, 4.69) is 15.6 Å². The van der Waals surface area contributed by atoms with Gasteiger partial charge in [0.2, 0.25) is 5.91 Å². The molecule has 2 fully saturated rings. The van der Waals surface area contributed by atoms with Crippen LogP contribution in [0.5, 0.6) is 0 Å². The van der Waals surface area contributed by atoms with Gasteiger partial charge in [0.05, 0.1) is 22.9 Å². The number of carbonyl (C=O) groups excluding carboxylic acids is 1. The van der Waals surface area contributed by atoms with E-state index in [1.165, 1.54) is 25.7 Å². The first-order valence-corrected chi connectivity index (χ1v) is 7.78. The summed E-state index contributed by atoms with van der Waals surface area (Å²) < 4.78 is 0. The average molecular weight is 294 g/mol. The minimum absolute atomic E-state index is 0.00363. The van der Waals surface area contributed by atoms with E-state index in [-0.39, 0.29) is 11.9 Å². The molecule has 3 unspecified atom stereocenters. The molecular formula is C15H20ClN3O. The molecule has 1 aromatic rings. The molecule has 1 aliphatic heterocycles. The van der Waals surface area contributed by atoms with Crippen LogP contribution >= 0.6 is 11.6 Å². The molecule has 20 heavy (non-hydrogen) atoms. The summed E-state index contributed by atoms with van der Waals surface area (Å²) in [6.45, 7) is 0. The Morgan fingerprint density at radius 2 is 2.15 bits per heavy atom. The molecule has 3 rings (SSSR count). The number of carbonyl (C=O) groups is 1. The zero-order valence-corrected chi connectivity index (χ0v) is 12.2. The molecule has 3 atom stereocenters. The molecule has 1 aromatic heterocycles. The van der Waals surface area contributed by atoms with E-state index in [1.54, 1.807) is 18.5 Å². The molecule has 1 saturated heterocycles. The van der Waals surface area contributed by atoms with Crippen LogP contribution in [0.4, 0.5) is 5.69 Å². The van der Waals surface area contributed by atoms with Crippen LogP contribution in [0.25, 0.3) is 0 Å². The Morgan fingerprint density at radius 1 is 1.30 bits per heavy atom. The highest BCUT2D eigenvalue weighted by Gasteiger charge is 2.34. The molecule has 5 heteroatoms. The number of hydrogen-bond donors (Lipinski definition) is 2. The third-order valence-electron chi connectivity index (χ3n) is 4.49. The van der Waals surface area contributed by atoms with Crippen LogP contribution in [0.15, 0.2) is 18.5 Å². The molecule has 4 nitrogen and oxygen atoms in total. The first-order chi connectivity index (χ1) is 9.74. The number of amides is 1. The summed E-state index contributed by atoms with van der Waals surface area (Å²) in [6, 6.07) is 2.09. The van der Waals surface area contributed by atoms with Gasteiger partial charge in [-0.3, -0.25) is 9.78 Å². The highest BCUT2D eigenvalue weighted by molar-refractivity contribution is 6.33. The normalized spacial score (nSPS) is 29.6. The zero-order valence-electron chi connectivity index (χ0n) is 11.4. The minimum Gasteiger partial charge on any atom is -0.322 e. The summed E-state index contributed by atoms with van der Waals surface area (Å²) in [5, 5.41) is 6.93. The van der Waals surface area contributed by atoms with E-state index >= 15 is 0 Å². The highest BCUT2D eigenvalue weighted by Crippen LogP contribution is 2.32. The van der Waals surface area contributed by atoms with Crippen LogP contribution < -0.4 is 10.6 Å². The topological polar surface area (TPSA) is 54.0 Å². The Kier molecular flexibility index (Phi) is 4.22. The van der Waals surface area contributed by atoms with E-state index < -0.39 is 0 Å². The van der Waals surface area contributed by atoms with Crippen LogP contribution in [0.2, 0.25) is 5.02 Å². The molecule has 0 spiro atoms. The number of fused-ring (bicyclic) bond motifs is 1. The number of anilines is 1. The summed E-state index contributed by atoms with van der Waals surface area (Å²) in [6.07, 6.45) is 10.4. The molecule has 2 heterocycles. The third-order valence-corrected chi connectivity index (χ3v) is 4.82. The van der Waals surface area contributed by atoms with Gasteiger partial charge in [-0.1, -0.05) is 24.4 Å². The lowest BCUT2D eigenvalue weighted by atomic mass is 9.77. The van der Waals surface area contributed by atoms with Crippen LogP contribution in [0.1, 0.15) is 38.5 Å². The van der Waals surface area contributed by atoms with Crippen molar-refractivity contribution in [3.05, 3.63) is 23.5 Å². The second-order valence-corrected chi connectivity index (χ2v) is 6.20. The van der Waals surface area contributed by atoms with Crippen molar-refractivity contribution in [1.29, 1.82) is 0 Å². The van der Waals surface area contributed by atoms with E-state index in [0.29, 0.717) is 16.8 Å². The Bertz CT molecular complexity index is 494. The van der Waals surface area contributed by atoms with Crippen LogP contribution in [-0.4, -0.2) is 23.0 Å². The predicted octanol–water partition coefficient (Wildman–Crippen LogP) is 2.98. The Morgan fingerprint density at radius 3 is 3.00 bits per heavy atom. The number of piperidine rings is 1. The second kappa shape index (κ2) is 6.10. The van der Waals surface area contributed by atoms with Gasteiger partial charge in [0, 0.05) is 12.2 Å². The van der Waals surface area contributed by atoms with Gasteiger partial charge in [0.25, 0.3) is 0 Å². The first kappa shape index (κ1) is 13.8. The predicted molar refractivity (Wildman–Crippen MR) is 79.8 cm³/mol. The number of aromatic nitrogens is 1. The summed E-state index contributed by atoms with van der Waals surface area (Å²) in [7, 11) is 0. The third kappa shape index (κ3) is 2.96. The number of nitrogens with one attached hydrogen (secondary N) is 2. The SMILES string of the molecule is O=C(Nc1cnccc1Cl)C1CCC2CCCCC2N1. The molecule has 0 bridgehead atoms. The van der Waals surface area contributed by atoms with E-state index in [1.807, 2.05) is 0 Å². The van der Waals surface area contributed by atoms with Gasteiger partial charge in [-0.05, 0) is 37.7 Å². The van der Waals surface area contributed by atoms with E-state index in [9.17, 15) is 4.79 Å². The highest BCUT2D eigenvalue weighted by atomic mass is 35.5. The van der Waals surface area contributed by atoms with Gasteiger partial charge in [-0.2, -0.15) is 0 Å². The standard InChI is InChI=1S/C15H20ClN3O/c16-11-7-8-17-9-14(11)19-15(20)13-6-5-10-3-1-2-4-12(10)18-13/h7-10,12-13,18H,1-6H2,(H,19,20). The summed E-state index contributed by atoms with van der Waals surface area (Å²) in [4.78, 5) is 16.3. The fourth-order valence-corrected chi connectivity index (χ4v) is 3.54. The average Bonchev–Trinajstić information content (AvgIpc) is 2.49. The van der Waals surface area contributed by atoms with E-state index in [4.69, 9.17) is 11.6 Å². The quantitative estimate of drug-likeness (QED) is 0.881. The maximum absolute atomic E-state index is 12.3. The van der Waals surface area contributed by atoms with Gasteiger partial charge < -0.3 is 10.6 Å². The van der Waals surface area contributed by atoms with Crippen LogP contribution in [0, 0.1) is 5.92 Å². The number of halogens is 1. The Balaban J connectivity index is 1.62. The minimum atomic E-state index is -0.106. The zero-order chi connectivity index (χ0) is 13.9. The fourth-order valence-electron chi connectivity index (χ4n) is 3.39. The lowest BCUT2D eigenvalue weighted by Crippen LogP contribution is -2.53. The molecule has 0 aromatic carbocycles. The Hall–Kier alpha value is -1.13. The smallest absolute Gasteiger partial charge is 0.241 e. The molecule has 0 radical (unpaired) electrons. The van der Waals surface area contributed by atoms with Crippen molar-refractivity contribution >= 4 is 23.2 Å². The molecular weight excluding hydrogens is 274 g/mol. The monoisotopic (exact) mass is 293 g/mol. The molecule has 2 aliphatic rings. The molecule has 1 amide bonds. The largest absolute Gasteiger partial charge is 0.322 e. The second-order valence-electron chi connectivity index (χ2n) is 5.79. The van der Waals surface area contributed by atoms with Gasteiger partial charge in [0.1, 0.15) is 0 Å². The van der Waals surface area contributed by atoms with Gasteiger partial charge in [-0.25, -0.2) is 0 Å². The van der Waals surface area contributed by atoms with Crippen LogP contribution in [-0.2, 0) is 4.79 Å². The fraction of sp³-hybridized carbons (Fsp3) is 0.600. The lowest BCUT2D eigenvalue weighted by molar-refractivity contribution is -0.119. The molecule has 2 N–H and O–H groups in total. The van der Waals surface area contributed by atoms with Crippen molar-refractivity contribution in [3.8, 4) is 0 Å². The molecule has 1 aliphatic carbocycles. The van der Waals surface area contributed by atoms with Crippen molar-refractivity contribution in [1.82, 2.24) is 10.3 Å². The summed E-state index contributed by atoms with van der Waals surface area (Å²) in [5.74, 6) is 0.763. The van der Waals surface area contributed by atoms with E-state index in [0.717, 1.165) is 18.8 Å². The summed E-state index contributed by atoms with van der Waals surface area (Å²) >= 11 is 6.04. The number of rotatable bonds is 2. The maximum atomic E-state index is 12.3. The number of nitrogens with zero attached hydrogens (tertiary/aromatic N) is 1. The first-order valence-electron chi connectivity index (χ1n) is 7.40. The van der Waals surface area contributed by atoms with Gasteiger partial charge in [0.15, 0.2) is 0 Å². The van der Waals surface area contributed by atoms with Crippen LogP contribution in [0.3, 0.4) is 0 Å². The van der Waals surface area contributed by atoms with Crippen molar-refractivity contribution in [2.75, 3.05) is 5.32 Å². The van der Waals surface area contributed by atoms with Crippen molar-refractivity contribution in [3.63, 3.8) is 0 Å². The summed E-state index contributed by atoms with van der Waals surface area (Å²) in [5.41, 5.74) is 0.590. The molecule has 1 saturated carbocycles. The Labute approximate surface area is 124 Å². The number of pyridine rings is 1. The van der Waals surface area contributed by atoms with Gasteiger partial charge >= 0.3 is 0 Å². The maximum Gasteiger partial charge on any atom is 0.241 e.